The van der Waals surface area contributed by atoms with Crippen LogP contribution in [0.25, 0.3) is 0 Å². The van der Waals surface area contributed by atoms with Crippen LogP contribution in [0, 0.1) is 0 Å². The first-order chi connectivity index (χ1) is 12.2. The molecular formula is C18H16N4O3. The van der Waals surface area contributed by atoms with Crippen LogP contribution in [-0.4, -0.2) is 29.1 Å². The first-order valence-electron chi connectivity index (χ1n) is 7.52. The number of amides is 2. The third-order valence-electron chi connectivity index (χ3n) is 3.50. The number of para-hydroxylation sites is 1. The van der Waals surface area contributed by atoms with Crippen molar-refractivity contribution in [2.75, 3.05) is 17.7 Å². The smallest absolute Gasteiger partial charge is 0.275 e. The van der Waals surface area contributed by atoms with Crippen LogP contribution >= 0.6 is 0 Å². The Labute approximate surface area is 144 Å². The lowest BCUT2D eigenvalue weighted by Crippen LogP contribution is -2.17. The van der Waals surface area contributed by atoms with Gasteiger partial charge in [0.2, 0.25) is 0 Å². The lowest BCUT2D eigenvalue weighted by Gasteiger charge is -2.07. The van der Waals surface area contributed by atoms with Crippen molar-refractivity contribution in [3.05, 3.63) is 72.1 Å². The maximum absolute atomic E-state index is 12.3. The molecule has 0 atom stereocenters. The molecule has 0 aliphatic heterocycles. The van der Waals surface area contributed by atoms with Crippen molar-refractivity contribution in [3.8, 4) is 5.75 Å². The Balaban J connectivity index is 1.72. The fraction of sp³-hybridized carbons (Fsp3) is 0.0556. The van der Waals surface area contributed by atoms with E-state index in [4.69, 9.17) is 4.74 Å². The number of ether oxygens (including phenoxy) is 1. The Morgan fingerprint density at radius 3 is 2.36 bits per heavy atom. The molecule has 25 heavy (non-hydrogen) atoms. The zero-order chi connectivity index (χ0) is 17.6. The summed E-state index contributed by atoms with van der Waals surface area (Å²) in [6, 6.07) is 15.7. The quantitative estimate of drug-likeness (QED) is 0.667. The number of nitrogens with one attached hydrogen (secondary N) is 3. The van der Waals surface area contributed by atoms with Gasteiger partial charge in [-0.2, -0.15) is 5.10 Å². The number of methoxy groups -OCH3 is 1. The molecule has 0 radical (unpaired) electrons. The summed E-state index contributed by atoms with van der Waals surface area (Å²) in [7, 11) is 1.55. The SMILES string of the molecule is COc1ccc(C(=O)Nc2cn[nH]c2C(=O)Nc2ccccc2)cc1. The van der Waals surface area contributed by atoms with Crippen molar-refractivity contribution in [1.29, 1.82) is 0 Å². The van der Waals surface area contributed by atoms with E-state index in [9.17, 15) is 9.59 Å². The molecule has 3 N–H and O–H groups in total. The highest BCUT2D eigenvalue weighted by Gasteiger charge is 2.17. The Kier molecular flexibility index (Phi) is 4.75. The Morgan fingerprint density at radius 1 is 0.960 bits per heavy atom. The van der Waals surface area contributed by atoms with E-state index < -0.39 is 5.91 Å². The third-order valence-corrected chi connectivity index (χ3v) is 3.50. The normalized spacial score (nSPS) is 10.1. The molecule has 2 aromatic carbocycles. The van der Waals surface area contributed by atoms with E-state index >= 15 is 0 Å². The van der Waals surface area contributed by atoms with Crippen LogP contribution in [0.5, 0.6) is 5.75 Å². The maximum Gasteiger partial charge on any atom is 0.275 e. The highest BCUT2D eigenvalue weighted by Crippen LogP contribution is 2.17. The molecule has 3 aromatic rings. The molecule has 1 heterocycles. The van der Waals surface area contributed by atoms with Gasteiger partial charge in [0.1, 0.15) is 11.4 Å². The minimum atomic E-state index is -0.395. The molecule has 7 nitrogen and oxygen atoms in total. The number of H-pyrrole nitrogens is 1. The van der Waals surface area contributed by atoms with Gasteiger partial charge in [-0.25, -0.2) is 0 Å². The van der Waals surface area contributed by atoms with Gasteiger partial charge >= 0.3 is 0 Å². The Bertz CT molecular complexity index is 873. The van der Waals surface area contributed by atoms with Crippen LogP contribution in [-0.2, 0) is 0 Å². The van der Waals surface area contributed by atoms with Crippen LogP contribution in [0.2, 0.25) is 0 Å². The Hall–Kier alpha value is -3.61. The summed E-state index contributed by atoms with van der Waals surface area (Å²) >= 11 is 0. The molecule has 0 saturated heterocycles. The maximum atomic E-state index is 12.3. The third kappa shape index (κ3) is 3.84. The highest BCUT2D eigenvalue weighted by molar-refractivity contribution is 6.11. The zero-order valence-electron chi connectivity index (χ0n) is 13.4. The number of benzene rings is 2. The number of aromatic nitrogens is 2. The molecular weight excluding hydrogens is 320 g/mol. The number of carbonyl (C=O) groups is 2. The molecule has 0 bridgehead atoms. The second-order valence-electron chi connectivity index (χ2n) is 5.16. The predicted molar refractivity (Wildman–Crippen MR) is 93.9 cm³/mol. The minimum absolute atomic E-state index is 0.172. The highest BCUT2D eigenvalue weighted by atomic mass is 16.5. The number of hydrogen-bond donors (Lipinski definition) is 3. The number of anilines is 2. The van der Waals surface area contributed by atoms with Crippen LogP contribution < -0.4 is 15.4 Å². The Morgan fingerprint density at radius 2 is 1.68 bits per heavy atom. The fourth-order valence-corrected chi connectivity index (χ4v) is 2.21. The average Bonchev–Trinajstić information content (AvgIpc) is 3.11. The monoisotopic (exact) mass is 336 g/mol. The summed E-state index contributed by atoms with van der Waals surface area (Å²) < 4.78 is 5.06. The second kappa shape index (κ2) is 7.31. The number of rotatable bonds is 5. The standard InChI is InChI=1S/C18H16N4O3/c1-25-14-9-7-12(8-10-14)17(23)21-15-11-19-22-16(15)18(24)20-13-5-3-2-4-6-13/h2-11H,1H3,(H,19,22)(H,20,24)(H,21,23). The van der Waals surface area contributed by atoms with E-state index in [1.165, 1.54) is 6.20 Å². The molecule has 0 fully saturated rings. The van der Waals surface area contributed by atoms with Crippen molar-refractivity contribution in [2.45, 2.75) is 0 Å². The van der Waals surface area contributed by atoms with Gasteiger partial charge in [-0.3, -0.25) is 14.7 Å². The van der Waals surface area contributed by atoms with E-state index in [1.807, 2.05) is 18.2 Å². The van der Waals surface area contributed by atoms with Crippen LogP contribution in [0.4, 0.5) is 11.4 Å². The second-order valence-corrected chi connectivity index (χ2v) is 5.16. The molecule has 3 rings (SSSR count). The van der Waals surface area contributed by atoms with Gasteiger partial charge in [-0.1, -0.05) is 18.2 Å². The number of aromatic amines is 1. The molecule has 0 unspecified atom stereocenters. The van der Waals surface area contributed by atoms with Gasteiger partial charge in [0.05, 0.1) is 19.0 Å². The summed E-state index contributed by atoms with van der Waals surface area (Å²) in [6.07, 6.45) is 1.39. The number of hydrogen-bond acceptors (Lipinski definition) is 4. The summed E-state index contributed by atoms with van der Waals surface area (Å²) in [5, 5.41) is 11.9. The molecule has 0 saturated carbocycles. The lowest BCUT2D eigenvalue weighted by atomic mass is 10.2. The molecule has 0 spiro atoms. The van der Waals surface area contributed by atoms with Gasteiger partial charge < -0.3 is 15.4 Å². The van der Waals surface area contributed by atoms with Crippen molar-refractivity contribution < 1.29 is 14.3 Å². The van der Waals surface area contributed by atoms with Gasteiger partial charge in [0.15, 0.2) is 0 Å². The van der Waals surface area contributed by atoms with Crippen LogP contribution in [0.15, 0.2) is 60.8 Å². The first-order valence-corrected chi connectivity index (χ1v) is 7.52. The molecule has 0 aliphatic carbocycles. The molecule has 2 amide bonds. The van der Waals surface area contributed by atoms with E-state index in [1.54, 1.807) is 43.5 Å². The van der Waals surface area contributed by atoms with E-state index in [2.05, 4.69) is 20.8 Å². The molecule has 7 heteroatoms. The van der Waals surface area contributed by atoms with Crippen molar-refractivity contribution in [1.82, 2.24) is 10.2 Å². The van der Waals surface area contributed by atoms with Gasteiger partial charge in [-0.05, 0) is 36.4 Å². The van der Waals surface area contributed by atoms with Crippen molar-refractivity contribution >= 4 is 23.2 Å². The summed E-state index contributed by atoms with van der Waals surface area (Å²) in [5.74, 6) is -0.0886. The number of nitrogens with zero attached hydrogens (tertiary/aromatic N) is 1. The fourth-order valence-electron chi connectivity index (χ4n) is 2.21. The van der Waals surface area contributed by atoms with Crippen molar-refractivity contribution in [3.63, 3.8) is 0 Å². The predicted octanol–water partition coefficient (Wildman–Crippen LogP) is 2.92. The van der Waals surface area contributed by atoms with Gasteiger partial charge in [0, 0.05) is 11.3 Å². The molecule has 0 aliphatic rings. The summed E-state index contributed by atoms with van der Waals surface area (Å²) in [6.45, 7) is 0. The van der Waals surface area contributed by atoms with Gasteiger partial charge in [0.25, 0.3) is 11.8 Å². The van der Waals surface area contributed by atoms with E-state index in [0.29, 0.717) is 22.7 Å². The van der Waals surface area contributed by atoms with E-state index in [0.717, 1.165) is 0 Å². The molecule has 1 aromatic heterocycles. The van der Waals surface area contributed by atoms with E-state index in [-0.39, 0.29) is 11.6 Å². The van der Waals surface area contributed by atoms with Gasteiger partial charge in [-0.15, -0.1) is 0 Å². The number of carbonyl (C=O) groups excluding carboxylic acids is 2. The lowest BCUT2D eigenvalue weighted by molar-refractivity contribution is 0.102. The topological polar surface area (TPSA) is 96.1 Å². The minimum Gasteiger partial charge on any atom is -0.497 e. The van der Waals surface area contributed by atoms with Crippen molar-refractivity contribution in [2.24, 2.45) is 0 Å². The summed E-state index contributed by atoms with van der Waals surface area (Å²) in [5.41, 5.74) is 1.56. The summed E-state index contributed by atoms with van der Waals surface area (Å²) in [4.78, 5) is 24.7. The molecule has 126 valence electrons. The van der Waals surface area contributed by atoms with Crippen LogP contribution in [0.1, 0.15) is 20.8 Å². The average molecular weight is 336 g/mol. The van der Waals surface area contributed by atoms with Crippen LogP contribution in [0.3, 0.4) is 0 Å². The first kappa shape index (κ1) is 16.3. The largest absolute Gasteiger partial charge is 0.497 e. The zero-order valence-corrected chi connectivity index (χ0v) is 13.4.